The van der Waals surface area contributed by atoms with E-state index >= 15 is 0 Å². The number of amides is 2. The fraction of sp³-hybridized carbons (Fsp3) is 0. The summed E-state index contributed by atoms with van der Waals surface area (Å²) < 4.78 is 63.3. The van der Waals surface area contributed by atoms with Crippen LogP contribution in [0.2, 0.25) is 0 Å². The van der Waals surface area contributed by atoms with Crippen molar-refractivity contribution in [2.45, 2.75) is 9.79 Å². The van der Waals surface area contributed by atoms with Gasteiger partial charge in [0, 0.05) is 0 Å². The third-order valence-electron chi connectivity index (χ3n) is 3.05. The summed E-state index contributed by atoms with van der Waals surface area (Å²) in [6.45, 7) is 0. The average molecular weight is 385 g/mol. The van der Waals surface area contributed by atoms with Crippen LogP contribution in [0.5, 0.6) is 0 Å². The number of hydrogen-bond acceptors (Lipinski definition) is 6. The van der Waals surface area contributed by atoms with Crippen molar-refractivity contribution in [2.75, 3.05) is 0 Å². The Morgan fingerprint density at radius 1 is 0.680 bits per heavy atom. The van der Waals surface area contributed by atoms with Gasteiger partial charge in [0.15, 0.2) is 0 Å². The Kier molecular flexibility index (Phi) is 5.04. The lowest BCUT2D eigenvalue weighted by atomic mass is 10.2. The van der Waals surface area contributed by atoms with Gasteiger partial charge in [-0.1, -0.05) is 24.3 Å². The molecule has 0 unspecified atom stereocenters. The van der Waals surface area contributed by atoms with Crippen molar-refractivity contribution in [3.8, 4) is 0 Å². The van der Waals surface area contributed by atoms with Gasteiger partial charge in [0.2, 0.25) is 0 Å². The summed E-state index contributed by atoms with van der Waals surface area (Å²) in [5, 5.41) is 1.81. The van der Waals surface area contributed by atoms with Gasteiger partial charge in [-0.05, 0) is 24.3 Å². The molecular weight excluding hydrogens is 374 g/mol. The molecule has 0 aromatic heterocycles. The van der Waals surface area contributed by atoms with Crippen LogP contribution in [-0.4, -0.2) is 37.8 Å². The highest BCUT2D eigenvalue weighted by atomic mass is 32.2. The molecule has 0 aliphatic carbocycles. The molecule has 2 amide bonds. The smallest absolute Gasteiger partial charge is 0.288 e. The van der Waals surface area contributed by atoms with Crippen molar-refractivity contribution in [1.82, 2.24) is 5.32 Å². The predicted octanol–water partition coefficient (Wildman–Crippen LogP) is 0.750. The van der Waals surface area contributed by atoms with E-state index in [9.17, 15) is 26.4 Å². The normalized spacial score (nSPS) is 11.8. The van der Waals surface area contributed by atoms with E-state index < -0.39 is 53.0 Å². The van der Waals surface area contributed by atoms with Crippen LogP contribution in [0.3, 0.4) is 0 Å². The van der Waals surface area contributed by atoms with Crippen LogP contribution in [0.4, 0.5) is 0 Å². The lowest BCUT2D eigenvalue weighted by molar-refractivity contribution is 0.0844. The largest absolute Gasteiger partial charge is 0.295 e. The van der Waals surface area contributed by atoms with Crippen LogP contribution in [0, 0.1) is 0 Å². The number of rotatable bonds is 4. The molecule has 0 aliphatic rings. The fourth-order valence-corrected chi connectivity index (χ4v) is 3.37. The topological polar surface area (TPSA) is 155 Å². The molecule has 2 aromatic carbocycles. The van der Waals surface area contributed by atoms with E-state index in [2.05, 4.69) is 0 Å². The minimum Gasteiger partial charge on any atom is -0.288 e. The molecule has 2 rings (SSSR count). The minimum atomic E-state index is -4.72. The zero-order valence-electron chi connectivity index (χ0n) is 12.3. The molecule has 3 N–H and O–H groups in total. The maximum atomic E-state index is 12.1. The molecule has 0 fully saturated rings. The van der Waals surface area contributed by atoms with E-state index in [0.29, 0.717) is 0 Å². The first kappa shape index (κ1) is 18.7. The van der Waals surface area contributed by atoms with Crippen LogP contribution in [0.1, 0.15) is 20.7 Å². The van der Waals surface area contributed by atoms with Gasteiger partial charge in [-0.2, -0.15) is 16.8 Å². The van der Waals surface area contributed by atoms with Gasteiger partial charge >= 0.3 is 0 Å². The molecule has 0 radical (unpaired) electrons. The third-order valence-corrected chi connectivity index (χ3v) is 4.87. The van der Waals surface area contributed by atoms with Gasteiger partial charge in [0.25, 0.3) is 32.1 Å². The van der Waals surface area contributed by atoms with Crippen molar-refractivity contribution < 1.29 is 35.5 Å². The maximum absolute atomic E-state index is 12.1. The number of hydrogen-bond donors (Lipinski definition) is 3. The van der Waals surface area contributed by atoms with E-state index in [1.807, 2.05) is 5.32 Å². The van der Waals surface area contributed by atoms with E-state index in [1.54, 1.807) is 0 Å². The van der Waals surface area contributed by atoms with Crippen molar-refractivity contribution >= 4 is 32.1 Å². The summed E-state index contributed by atoms with van der Waals surface area (Å²) in [5.41, 5.74) is -1.02. The molecule has 9 nitrogen and oxygen atoms in total. The second-order valence-electron chi connectivity index (χ2n) is 4.73. The summed E-state index contributed by atoms with van der Waals surface area (Å²) in [5.74, 6) is -2.35. The van der Waals surface area contributed by atoms with Gasteiger partial charge in [-0.3, -0.25) is 24.0 Å². The van der Waals surface area contributed by atoms with Crippen molar-refractivity contribution in [3.05, 3.63) is 59.7 Å². The highest BCUT2D eigenvalue weighted by Gasteiger charge is 2.24. The predicted molar refractivity (Wildman–Crippen MR) is 84.3 cm³/mol. The number of carbonyl (C=O) groups is 2. The third kappa shape index (κ3) is 4.28. The van der Waals surface area contributed by atoms with E-state index in [0.717, 1.165) is 24.3 Å². The Labute approximate surface area is 142 Å². The second-order valence-corrected chi connectivity index (χ2v) is 7.51. The maximum Gasteiger partial charge on any atom is 0.295 e. The Morgan fingerprint density at radius 3 is 1.32 bits per heavy atom. The highest BCUT2D eigenvalue weighted by Crippen LogP contribution is 2.17. The van der Waals surface area contributed by atoms with E-state index in [-0.39, 0.29) is 0 Å². The van der Waals surface area contributed by atoms with Crippen LogP contribution >= 0.6 is 0 Å². The van der Waals surface area contributed by atoms with Gasteiger partial charge < -0.3 is 0 Å². The van der Waals surface area contributed by atoms with Crippen LogP contribution in [-0.2, 0) is 20.2 Å². The lowest BCUT2D eigenvalue weighted by Gasteiger charge is -2.09. The number of nitrogens with one attached hydrogen (secondary N) is 1. The second kappa shape index (κ2) is 6.72. The molecule has 2 aromatic rings. The summed E-state index contributed by atoms with van der Waals surface area (Å²) in [6.07, 6.45) is 0. The first-order chi connectivity index (χ1) is 11.5. The quantitative estimate of drug-likeness (QED) is 0.514. The molecular formula is C14H11NO8S2. The first-order valence-corrected chi connectivity index (χ1v) is 9.38. The van der Waals surface area contributed by atoms with Crippen molar-refractivity contribution in [3.63, 3.8) is 0 Å². The molecule has 0 saturated heterocycles. The summed E-state index contributed by atoms with van der Waals surface area (Å²) >= 11 is 0. The molecule has 0 heterocycles. The number of imide groups is 1. The molecule has 0 atom stereocenters. The Morgan fingerprint density at radius 2 is 1.00 bits per heavy atom. The number of carbonyl (C=O) groups excluding carboxylic acids is 2. The molecule has 132 valence electrons. The SMILES string of the molecule is O=C(NC(=O)c1ccccc1S(=O)(=O)O)c1ccccc1S(=O)(=O)O. The summed E-state index contributed by atoms with van der Waals surface area (Å²) in [4.78, 5) is 22.8. The van der Waals surface area contributed by atoms with Crippen LogP contribution in [0.15, 0.2) is 58.3 Å². The summed E-state index contributed by atoms with van der Waals surface area (Å²) in [7, 11) is -9.44. The van der Waals surface area contributed by atoms with Crippen molar-refractivity contribution in [2.24, 2.45) is 0 Å². The molecule has 0 bridgehead atoms. The molecule has 11 heteroatoms. The Hall–Kier alpha value is -2.60. The Balaban J connectivity index is 2.40. The molecule has 25 heavy (non-hydrogen) atoms. The molecule has 0 aliphatic heterocycles. The van der Waals surface area contributed by atoms with Crippen molar-refractivity contribution in [1.29, 1.82) is 0 Å². The highest BCUT2D eigenvalue weighted by molar-refractivity contribution is 7.86. The molecule has 0 saturated carbocycles. The fourth-order valence-electron chi connectivity index (χ4n) is 2.00. The lowest BCUT2D eigenvalue weighted by Crippen LogP contribution is -2.32. The monoisotopic (exact) mass is 385 g/mol. The van der Waals surface area contributed by atoms with Gasteiger partial charge in [0.1, 0.15) is 9.79 Å². The minimum absolute atomic E-state index is 0.511. The van der Waals surface area contributed by atoms with Gasteiger partial charge in [-0.25, -0.2) is 0 Å². The summed E-state index contributed by atoms with van der Waals surface area (Å²) in [6, 6.07) is 9.16. The van der Waals surface area contributed by atoms with Gasteiger partial charge in [0.05, 0.1) is 11.1 Å². The van der Waals surface area contributed by atoms with Gasteiger partial charge in [-0.15, -0.1) is 0 Å². The van der Waals surface area contributed by atoms with E-state index in [1.165, 1.54) is 24.3 Å². The zero-order valence-corrected chi connectivity index (χ0v) is 13.9. The van der Waals surface area contributed by atoms with E-state index in [4.69, 9.17) is 9.11 Å². The molecule has 0 spiro atoms. The first-order valence-electron chi connectivity index (χ1n) is 6.50. The zero-order chi connectivity index (χ0) is 18.8. The average Bonchev–Trinajstić information content (AvgIpc) is 2.53. The van der Waals surface area contributed by atoms with Crippen LogP contribution < -0.4 is 5.32 Å². The number of benzene rings is 2. The van der Waals surface area contributed by atoms with Crippen LogP contribution in [0.25, 0.3) is 0 Å². The standard InChI is InChI=1S/C14H11NO8S2/c16-13(9-5-1-3-7-11(9)24(18,19)20)15-14(17)10-6-2-4-8-12(10)25(21,22)23/h1-8H,(H,15,16,17)(H,18,19,20)(H,21,22,23). The Bertz CT molecular complexity index is 972.